The van der Waals surface area contributed by atoms with Crippen molar-refractivity contribution in [2.45, 2.75) is 46.1 Å². The van der Waals surface area contributed by atoms with Crippen LogP contribution in [0.2, 0.25) is 0 Å². The maximum absolute atomic E-state index is 13.1. The van der Waals surface area contributed by atoms with Crippen molar-refractivity contribution in [3.8, 4) is 0 Å². The molecule has 4 aliphatic rings. The second kappa shape index (κ2) is 6.63. The summed E-state index contributed by atoms with van der Waals surface area (Å²) < 4.78 is 0. The zero-order chi connectivity index (χ0) is 19.3. The van der Waals surface area contributed by atoms with E-state index in [1.54, 1.807) is 0 Å². The van der Waals surface area contributed by atoms with Crippen molar-refractivity contribution in [1.29, 1.82) is 0 Å². The molecular weight excluding hydrogens is 340 g/mol. The molecule has 1 aromatic rings. The molecule has 0 aromatic heterocycles. The number of hydrogen-bond acceptors (Lipinski definition) is 3. The number of rotatable bonds is 4. The summed E-state index contributed by atoms with van der Waals surface area (Å²) in [6, 6.07) is 5.06. The lowest BCUT2D eigenvalue weighted by atomic mass is 9.63. The molecule has 142 valence electrons. The summed E-state index contributed by atoms with van der Waals surface area (Å²) in [5.41, 5.74) is 2.69. The van der Waals surface area contributed by atoms with Gasteiger partial charge in [-0.3, -0.25) is 19.3 Å². The maximum atomic E-state index is 13.1. The van der Waals surface area contributed by atoms with E-state index < -0.39 is 6.04 Å². The van der Waals surface area contributed by atoms with E-state index in [0.717, 1.165) is 29.7 Å². The lowest BCUT2D eigenvalue weighted by Gasteiger charge is -2.38. The first-order valence-corrected chi connectivity index (χ1v) is 9.86. The highest BCUT2D eigenvalue weighted by atomic mass is 16.2. The van der Waals surface area contributed by atoms with Crippen LogP contribution in [-0.4, -0.2) is 28.7 Å². The lowest BCUT2D eigenvalue weighted by molar-refractivity contribution is -0.146. The van der Waals surface area contributed by atoms with E-state index >= 15 is 0 Å². The number of hydrogen-bond donors (Lipinski definition) is 1. The van der Waals surface area contributed by atoms with Crippen molar-refractivity contribution in [1.82, 2.24) is 4.90 Å². The minimum atomic E-state index is -0.756. The fraction of sp³-hybridized carbons (Fsp3) is 0.500. The van der Waals surface area contributed by atoms with E-state index in [0.29, 0.717) is 6.42 Å². The maximum Gasteiger partial charge on any atom is 0.247 e. The van der Waals surface area contributed by atoms with E-state index in [9.17, 15) is 14.4 Å². The van der Waals surface area contributed by atoms with Crippen molar-refractivity contribution in [2.24, 2.45) is 23.7 Å². The first kappa shape index (κ1) is 18.0. The third-order valence-electron chi connectivity index (χ3n) is 6.52. The number of anilines is 1. The van der Waals surface area contributed by atoms with Crippen LogP contribution < -0.4 is 5.32 Å². The zero-order valence-corrected chi connectivity index (χ0v) is 16.1. The average Bonchev–Trinajstić information content (AvgIpc) is 2.94. The Morgan fingerprint density at radius 1 is 1.07 bits per heavy atom. The van der Waals surface area contributed by atoms with Crippen molar-refractivity contribution in [3.63, 3.8) is 0 Å². The summed E-state index contributed by atoms with van der Waals surface area (Å²) in [7, 11) is 0. The topological polar surface area (TPSA) is 66.5 Å². The lowest BCUT2D eigenvalue weighted by Crippen LogP contribution is -2.47. The van der Waals surface area contributed by atoms with Crippen molar-refractivity contribution in [3.05, 3.63) is 41.5 Å². The molecule has 0 radical (unpaired) electrons. The van der Waals surface area contributed by atoms with E-state index in [2.05, 4.69) is 17.5 Å². The minimum absolute atomic E-state index is 0.139. The Kier molecular flexibility index (Phi) is 4.41. The van der Waals surface area contributed by atoms with Gasteiger partial charge in [0.1, 0.15) is 6.04 Å². The smallest absolute Gasteiger partial charge is 0.247 e. The number of allylic oxidation sites excluding steroid dienone is 2. The number of imide groups is 1. The van der Waals surface area contributed by atoms with Crippen LogP contribution in [0.3, 0.4) is 0 Å². The quantitative estimate of drug-likeness (QED) is 0.657. The van der Waals surface area contributed by atoms with Gasteiger partial charge in [0.05, 0.1) is 11.8 Å². The van der Waals surface area contributed by atoms with Crippen LogP contribution in [0.4, 0.5) is 5.69 Å². The predicted molar refractivity (Wildman–Crippen MR) is 103 cm³/mol. The Labute approximate surface area is 159 Å². The fourth-order valence-electron chi connectivity index (χ4n) is 5.11. The van der Waals surface area contributed by atoms with Crippen LogP contribution in [0.15, 0.2) is 30.4 Å². The first-order chi connectivity index (χ1) is 12.9. The van der Waals surface area contributed by atoms with Crippen LogP contribution in [0.25, 0.3) is 0 Å². The monoisotopic (exact) mass is 366 g/mol. The predicted octanol–water partition coefficient (Wildman–Crippen LogP) is 3.22. The van der Waals surface area contributed by atoms with E-state index in [4.69, 9.17) is 0 Å². The number of nitrogens with zero attached hydrogens (tertiary/aromatic N) is 1. The van der Waals surface area contributed by atoms with Gasteiger partial charge in [-0.1, -0.05) is 37.3 Å². The van der Waals surface area contributed by atoms with Crippen LogP contribution in [-0.2, 0) is 14.4 Å². The average molecular weight is 366 g/mol. The summed E-state index contributed by atoms with van der Waals surface area (Å²) in [5.74, 6) is -0.872. The number of aryl methyl sites for hydroxylation is 2. The van der Waals surface area contributed by atoms with Gasteiger partial charge < -0.3 is 5.32 Å². The molecule has 1 aromatic carbocycles. The molecular formula is C22H26N2O3. The molecule has 1 saturated carbocycles. The molecule has 1 saturated heterocycles. The van der Waals surface area contributed by atoms with Gasteiger partial charge in [-0.15, -0.1) is 0 Å². The Morgan fingerprint density at radius 3 is 2.04 bits per heavy atom. The molecule has 1 aliphatic heterocycles. The van der Waals surface area contributed by atoms with E-state index in [1.807, 2.05) is 39.0 Å². The van der Waals surface area contributed by atoms with Crippen molar-refractivity contribution in [2.75, 3.05) is 5.32 Å². The second-order valence-corrected chi connectivity index (χ2v) is 8.07. The molecule has 0 unspecified atom stereocenters. The molecule has 27 heavy (non-hydrogen) atoms. The fourth-order valence-corrected chi connectivity index (χ4v) is 5.11. The summed E-state index contributed by atoms with van der Waals surface area (Å²) in [6.07, 6.45) is 6.53. The number of carbonyl (C=O) groups is 3. The minimum Gasteiger partial charge on any atom is -0.324 e. The molecule has 5 nitrogen and oxygen atoms in total. The highest BCUT2D eigenvalue weighted by Gasteiger charge is 2.58. The molecule has 1 heterocycles. The Balaban J connectivity index is 1.60. The summed E-state index contributed by atoms with van der Waals surface area (Å²) in [5, 5.41) is 2.97. The van der Waals surface area contributed by atoms with E-state index in [1.165, 1.54) is 4.90 Å². The summed E-state index contributed by atoms with van der Waals surface area (Å²) >= 11 is 0. The number of carbonyl (C=O) groups excluding carboxylic acids is 3. The molecule has 2 bridgehead atoms. The van der Waals surface area contributed by atoms with Gasteiger partial charge in [-0.25, -0.2) is 0 Å². The Bertz CT molecular complexity index is 792. The molecule has 5 atom stereocenters. The van der Waals surface area contributed by atoms with Crippen molar-refractivity contribution >= 4 is 23.4 Å². The Morgan fingerprint density at radius 2 is 1.59 bits per heavy atom. The number of benzene rings is 1. The molecule has 3 aliphatic carbocycles. The first-order valence-electron chi connectivity index (χ1n) is 9.86. The number of amides is 3. The highest BCUT2D eigenvalue weighted by Crippen LogP contribution is 2.50. The van der Waals surface area contributed by atoms with Crippen LogP contribution in [0.1, 0.15) is 37.3 Å². The zero-order valence-electron chi connectivity index (χ0n) is 16.1. The van der Waals surface area contributed by atoms with Gasteiger partial charge in [0, 0.05) is 5.69 Å². The number of para-hydroxylation sites is 1. The summed E-state index contributed by atoms with van der Waals surface area (Å²) in [6.45, 7) is 5.73. The van der Waals surface area contributed by atoms with Crippen LogP contribution >= 0.6 is 0 Å². The second-order valence-electron chi connectivity index (χ2n) is 8.07. The van der Waals surface area contributed by atoms with Gasteiger partial charge in [0.15, 0.2) is 0 Å². The molecule has 2 fully saturated rings. The van der Waals surface area contributed by atoms with Gasteiger partial charge in [0.25, 0.3) is 0 Å². The SMILES string of the molecule is CC[C@H](C(=O)Nc1c(C)cccc1C)N1C(=O)[C@@H]2[C@@H](C1=O)[C@H]1C=C[C@H]2CC1. The standard InChI is InChI=1S/C22H26N2O3/c1-4-16(20(25)23-19-12(2)6-5-7-13(19)3)24-21(26)17-14-8-9-15(11-10-14)18(17)22(24)27/h5-9,14-18H,4,10-11H2,1-3H3,(H,23,25)/t14-,15-,16+,17-,18-/m0/s1. The van der Waals surface area contributed by atoms with Crippen LogP contribution in [0, 0.1) is 37.5 Å². The van der Waals surface area contributed by atoms with Gasteiger partial charge in [-0.2, -0.15) is 0 Å². The van der Waals surface area contributed by atoms with Gasteiger partial charge in [-0.05, 0) is 56.1 Å². The van der Waals surface area contributed by atoms with Gasteiger partial charge >= 0.3 is 0 Å². The third kappa shape index (κ3) is 2.71. The molecule has 5 rings (SSSR count). The molecule has 3 amide bonds. The Hall–Kier alpha value is -2.43. The highest BCUT2D eigenvalue weighted by molar-refractivity contribution is 6.10. The molecule has 5 heteroatoms. The van der Waals surface area contributed by atoms with Crippen molar-refractivity contribution < 1.29 is 14.4 Å². The molecule has 1 N–H and O–H groups in total. The number of nitrogens with one attached hydrogen (secondary N) is 1. The number of fused-ring (bicyclic) bond motifs is 1. The van der Waals surface area contributed by atoms with Crippen LogP contribution in [0.5, 0.6) is 0 Å². The third-order valence-corrected chi connectivity index (χ3v) is 6.52. The normalized spacial score (nSPS) is 29.8. The number of likely N-dealkylation sites (tertiary alicyclic amines) is 1. The van der Waals surface area contributed by atoms with E-state index in [-0.39, 0.29) is 41.4 Å². The summed E-state index contributed by atoms with van der Waals surface area (Å²) in [4.78, 5) is 40.6. The van der Waals surface area contributed by atoms with Gasteiger partial charge in [0.2, 0.25) is 17.7 Å². The largest absolute Gasteiger partial charge is 0.324 e. The molecule has 0 spiro atoms.